The second kappa shape index (κ2) is 8.50. The molecule has 174 valence electrons. The summed E-state index contributed by atoms with van der Waals surface area (Å²) in [7, 11) is -3.96. The first kappa shape index (κ1) is 22.0. The van der Waals surface area contributed by atoms with Crippen LogP contribution in [0.25, 0.3) is 0 Å². The lowest BCUT2D eigenvalue weighted by Crippen LogP contribution is -2.76. The Kier molecular flexibility index (Phi) is 5.67. The molecule has 0 radical (unpaired) electrons. The molecule has 3 unspecified atom stereocenters. The molecule has 2 aromatic carbocycles. The Hall–Kier alpha value is -2.83. The lowest BCUT2D eigenvalue weighted by atomic mass is 9.82. The number of carbonyl (C=O) groups excluding carboxylic acids is 2. The number of esters is 2. The van der Waals surface area contributed by atoms with Crippen LogP contribution in [-0.4, -0.2) is 69.7 Å². The molecular formula is C22H20O10S. The second-order valence-electron chi connectivity index (χ2n) is 7.83. The Bertz CT molecular complexity index is 1060. The van der Waals surface area contributed by atoms with Crippen molar-refractivity contribution in [2.24, 2.45) is 0 Å². The van der Waals surface area contributed by atoms with E-state index in [0.29, 0.717) is 0 Å². The topological polar surface area (TPSA) is 124 Å². The van der Waals surface area contributed by atoms with Crippen LogP contribution in [0.15, 0.2) is 60.7 Å². The summed E-state index contributed by atoms with van der Waals surface area (Å²) in [6, 6.07) is 16.5. The highest BCUT2D eigenvalue weighted by atomic mass is 32.2. The van der Waals surface area contributed by atoms with Crippen LogP contribution >= 0.6 is 0 Å². The molecule has 1 aliphatic carbocycles. The maximum absolute atomic E-state index is 12.7. The van der Waals surface area contributed by atoms with Crippen LogP contribution in [0.2, 0.25) is 0 Å². The number of hydrogen-bond donors (Lipinski definition) is 0. The SMILES string of the molecule is CS(=O)(=O)OC1[C@H]2OC3OC([C@@H]2OC(=O)c2ccccc2)[C@H](OC(=O)c2ccccc2)[C@H]1O3. The van der Waals surface area contributed by atoms with Crippen molar-refractivity contribution in [3.05, 3.63) is 71.8 Å². The zero-order chi connectivity index (χ0) is 23.2. The molecule has 33 heavy (non-hydrogen) atoms. The van der Waals surface area contributed by atoms with Gasteiger partial charge in [-0.1, -0.05) is 36.4 Å². The molecule has 0 N–H and O–H groups in total. The first-order valence-corrected chi connectivity index (χ1v) is 12.0. The highest BCUT2D eigenvalue weighted by molar-refractivity contribution is 7.86. The average molecular weight is 476 g/mol. The molecule has 3 heterocycles. The fourth-order valence-electron chi connectivity index (χ4n) is 4.18. The Labute approximate surface area is 189 Å². The zero-order valence-corrected chi connectivity index (χ0v) is 18.1. The van der Waals surface area contributed by atoms with Crippen molar-refractivity contribution >= 4 is 22.1 Å². The molecule has 2 aromatic rings. The molecule has 6 rings (SSSR count). The minimum atomic E-state index is -3.96. The summed E-state index contributed by atoms with van der Waals surface area (Å²) in [5.41, 5.74) is 0.557. The second-order valence-corrected chi connectivity index (χ2v) is 9.43. The first-order chi connectivity index (χ1) is 15.8. The summed E-state index contributed by atoms with van der Waals surface area (Å²) in [5.74, 6) is -1.35. The fraction of sp³-hybridized carbons (Fsp3) is 0.364. The van der Waals surface area contributed by atoms with Crippen molar-refractivity contribution in [2.75, 3.05) is 6.26 Å². The van der Waals surface area contributed by atoms with E-state index in [-0.39, 0.29) is 11.1 Å². The van der Waals surface area contributed by atoms with Crippen LogP contribution in [0.1, 0.15) is 20.7 Å². The Morgan fingerprint density at radius 1 is 0.697 bits per heavy atom. The van der Waals surface area contributed by atoms with Crippen LogP contribution in [-0.2, 0) is 38.0 Å². The van der Waals surface area contributed by atoms with Gasteiger partial charge in [0.25, 0.3) is 16.6 Å². The zero-order valence-electron chi connectivity index (χ0n) is 17.3. The predicted molar refractivity (Wildman–Crippen MR) is 109 cm³/mol. The summed E-state index contributed by atoms with van der Waals surface area (Å²) < 4.78 is 57.4. The van der Waals surface area contributed by atoms with Crippen LogP contribution in [0.4, 0.5) is 0 Å². The van der Waals surface area contributed by atoms with Gasteiger partial charge in [-0.15, -0.1) is 0 Å². The van der Waals surface area contributed by atoms with Crippen LogP contribution in [0.3, 0.4) is 0 Å². The largest absolute Gasteiger partial charge is 0.453 e. The number of ether oxygens (including phenoxy) is 5. The van der Waals surface area contributed by atoms with Gasteiger partial charge in [-0.25, -0.2) is 9.59 Å². The van der Waals surface area contributed by atoms with Gasteiger partial charge in [0.15, 0.2) is 12.2 Å². The molecule has 4 aliphatic rings. The van der Waals surface area contributed by atoms with Gasteiger partial charge in [-0.2, -0.15) is 8.42 Å². The van der Waals surface area contributed by atoms with Crippen molar-refractivity contribution in [3.63, 3.8) is 0 Å². The molecule has 0 amide bonds. The van der Waals surface area contributed by atoms with Gasteiger partial charge in [0.1, 0.15) is 24.4 Å². The van der Waals surface area contributed by atoms with E-state index in [1.807, 2.05) is 0 Å². The van der Waals surface area contributed by atoms with E-state index in [9.17, 15) is 18.0 Å². The summed E-state index contributed by atoms with van der Waals surface area (Å²) >= 11 is 0. The normalized spacial score (nSPS) is 32.3. The lowest BCUT2D eigenvalue weighted by molar-refractivity contribution is -0.476. The molecule has 0 spiro atoms. The molecule has 4 bridgehead atoms. The fourth-order valence-corrected chi connectivity index (χ4v) is 4.80. The van der Waals surface area contributed by atoms with Gasteiger partial charge >= 0.3 is 11.9 Å². The van der Waals surface area contributed by atoms with Gasteiger partial charge in [-0.3, -0.25) is 4.18 Å². The third kappa shape index (κ3) is 4.37. The molecule has 11 heteroatoms. The smallest absolute Gasteiger partial charge is 0.338 e. The maximum Gasteiger partial charge on any atom is 0.338 e. The average Bonchev–Trinajstić information content (AvgIpc) is 2.80. The molecule has 4 fully saturated rings. The third-order valence-corrected chi connectivity index (χ3v) is 6.11. The molecule has 3 aliphatic heterocycles. The van der Waals surface area contributed by atoms with Crippen molar-refractivity contribution in [1.29, 1.82) is 0 Å². The Balaban J connectivity index is 1.46. The molecule has 3 saturated heterocycles. The Morgan fingerprint density at radius 3 is 1.48 bits per heavy atom. The van der Waals surface area contributed by atoms with Crippen molar-refractivity contribution in [3.8, 4) is 0 Å². The third-order valence-electron chi connectivity index (χ3n) is 5.54. The highest BCUT2D eigenvalue weighted by Gasteiger charge is 2.66. The molecule has 0 aromatic heterocycles. The van der Waals surface area contributed by atoms with Crippen LogP contribution in [0.5, 0.6) is 0 Å². The molecule has 1 saturated carbocycles. The van der Waals surface area contributed by atoms with E-state index in [4.69, 9.17) is 27.9 Å². The first-order valence-electron chi connectivity index (χ1n) is 10.2. The summed E-state index contributed by atoms with van der Waals surface area (Å²) in [4.78, 5) is 25.5. The monoisotopic (exact) mass is 476 g/mol. The van der Waals surface area contributed by atoms with E-state index in [0.717, 1.165) is 6.26 Å². The molecular weight excluding hydrogens is 456 g/mol. The summed E-state index contributed by atoms with van der Waals surface area (Å²) in [5, 5.41) is 0. The van der Waals surface area contributed by atoms with E-state index in [1.165, 1.54) is 0 Å². The number of hydrogen-bond acceptors (Lipinski definition) is 10. The molecule has 10 nitrogen and oxygen atoms in total. The molecule has 7 atom stereocenters. The number of benzene rings is 2. The maximum atomic E-state index is 12.7. The minimum absolute atomic E-state index is 0.279. The quantitative estimate of drug-likeness (QED) is 0.445. The van der Waals surface area contributed by atoms with Crippen molar-refractivity contribution in [2.45, 2.75) is 43.1 Å². The number of carbonyl (C=O) groups is 2. The van der Waals surface area contributed by atoms with Crippen molar-refractivity contribution < 1.29 is 45.9 Å². The van der Waals surface area contributed by atoms with Crippen LogP contribution in [0, 0.1) is 0 Å². The summed E-state index contributed by atoms with van der Waals surface area (Å²) in [6.07, 6.45) is -5.55. The lowest BCUT2D eigenvalue weighted by Gasteiger charge is -2.57. The highest BCUT2D eigenvalue weighted by Crippen LogP contribution is 2.44. The standard InChI is InChI=1S/C22H20O10S/c1-33(25,26)32-19-17-14(27-20(23)12-8-4-2-5-9-12)16-15(18(19)31-22(29-16)30-17)28-21(24)13-10-6-3-7-11-13/h2-11,14-19,22H,1H3/t14-,15-,16?,17-,18+,19?,22?/m0/s1. The summed E-state index contributed by atoms with van der Waals surface area (Å²) in [6.45, 7) is -1.14. The number of rotatable bonds is 6. The van der Waals surface area contributed by atoms with E-state index in [2.05, 4.69) is 0 Å². The van der Waals surface area contributed by atoms with Gasteiger partial charge in [0, 0.05) is 0 Å². The predicted octanol–water partition coefficient (Wildman–Crippen LogP) is 1.26. The van der Waals surface area contributed by atoms with E-state index >= 15 is 0 Å². The van der Waals surface area contributed by atoms with E-state index in [1.54, 1.807) is 60.7 Å². The van der Waals surface area contributed by atoms with Gasteiger partial charge in [-0.05, 0) is 24.3 Å². The van der Waals surface area contributed by atoms with Gasteiger partial charge in [0.05, 0.1) is 17.4 Å². The van der Waals surface area contributed by atoms with E-state index < -0.39 is 65.2 Å². The minimum Gasteiger partial charge on any atom is -0.453 e. The Morgan fingerprint density at radius 2 is 1.09 bits per heavy atom. The van der Waals surface area contributed by atoms with Gasteiger partial charge in [0.2, 0.25) is 0 Å². The van der Waals surface area contributed by atoms with Gasteiger partial charge < -0.3 is 23.7 Å². The van der Waals surface area contributed by atoms with Crippen LogP contribution < -0.4 is 0 Å². The van der Waals surface area contributed by atoms with Crippen molar-refractivity contribution in [1.82, 2.24) is 0 Å².